The van der Waals surface area contributed by atoms with Crippen molar-refractivity contribution >= 4 is 17.6 Å². The van der Waals surface area contributed by atoms with Crippen molar-refractivity contribution in [3.05, 3.63) is 77.2 Å². The molecule has 0 saturated heterocycles. The van der Waals surface area contributed by atoms with E-state index in [0.29, 0.717) is 22.9 Å². The summed E-state index contributed by atoms with van der Waals surface area (Å²) in [7, 11) is 2.88. The van der Waals surface area contributed by atoms with Gasteiger partial charge in [-0.2, -0.15) is 0 Å². The number of esters is 1. The van der Waals surface area contributed by atoms with Crippen molar-refractivity contribution in [3.8, 4) is 11.5 Å². The molecule has 3 aromatic rings. The Hall–Kier alpha value is -3.74. The molecule has 0 aliphatic rings. The number of carbonyl (C=O) groups is 2. The fourth-order valence-electron chi connectivity index (χ4n) is 3.07. The topological polar surface area (TPSA) is 87.0 Å². The van der Waals surface area contributed by atoms with Crippen LogP contribution in [-0.4, -0.2) is 26.1 Å². The second kappa shape index (κ2) is 10.3. The number of aryl methyl sites for hydroxylation is 1. The van der Waals surface area contributed by atoms with Gasteiger partial charge in [0.2, 0.25) is 0 Å². The molecule has 0 radical (unpaired) electrons. The maximum absolute atomic E-state index is 12.5. The first kappa shape index (κ1) is 22.0. The molecular weight excluding hydrogens is 398 g/mol. The molecule has 1 aromatic heterocycles. The van der Waals surface area contributed by atoms with Crippen molar-refractivity contribution in [1.82, 2.24) is 0 Å². The lowest BCUT2D eigenvalue weighted by molar-refractivity contribution is 0.0602. The molecule has 1 heterocycles. The van der Waals surface area contributed by atoms with Crippen molar-refractivity contribution in [1.29, 1.82) is 0 Å². The van der Waals surface area contributed by atoms with Gasteiger partial charge in [-0.25, -0.2) is 4.79 Å². The molecule has 7 nitrogen and oxygen atoms in total. The highest BCUT2D eigenvalue weighted by molar-refractivity contribution is 6.06. The smallest absolute Gasteiger partial charge is 0.339 e. The van der Waals surface area contributed by atoms with E-state index in [1.165, 1.54) is 12.7 Å². The molecule has 0 bridgehead atoms. The van der Waals surface area contributed by atoms with E-state index in [9.17, 15) is 9.59 Å². The van der Waals surface area contributed by atoms with Crippen LogP contribution in [0.2, 0.25) is 0 Å². The van der Waals surface area contributed by atoms with Crippen molar-refractivity contribution in [2.24, 2.45) is 0 Å². The second-order valence-corrected chi connectivity index (χ2v) is 6.78. The van der Waals surface area contributed by atoms with E-state index < -0.39 is 11.9 Å². The SMILES string of the molecule is CCCc1ccc(OCc2ccc(C(=O)Nc3ccccc3C(=O)OC)o2)c(OC)c1. The van der Waals surface area contributed by atoms with Crippen LogP contribution in [0.1, 0.15) is 45.6 Å². The standard InChI is InChI=1S/C24H25NO6/c1-4-7-16-10-12-20(22(14-16)28-2)30-15-17-11-13-21(31-17)23(26)25-19-9-6-5-8-18(19)24(27)29-3/h5-6,8-14H,4,7,15H2,1-3H3,(H,25,26). The number of benzene rings is 2. The van der Waals surface area contributed by atoms with Gasteiger partial charge < -0.3 is 23.9 Å². The van der Waals surface area contributed by atoms with Crippen LogP contribution in [0.5, 0.6) is 11.5 Å². The number of methoxy groups -OCH3 is 2. The van der Waals surface area contributed by atoms with Crippen molar-refractivity contribution < 1.29 is 28.2 Å². The van der Waals surface area contributed by atoms with Gasteiger partial charge in [-0.05, 0) is 48.4 Å². The largest absolute Gasteiger partial charge is 0.493 e. The average molecular weight is 423 g/mol. The van der Waals surface area contributed by atoms with Gasteiger partial charge in [0, 0.05) is 0 Å². The molecule has 7 heteroatoms. The number of anilines is 1. The van der Waals surface area contributed by atoms with Gasteiger partial charge in [0.1, 0.15) is 12.4 Å². The lowest BCUT2D eigenvalue weighted by Crippen LogP contribution is -2.14. The maximum Gasteiger partial charge on any atom is 0.339 e. The molecule has 0 aliphatic heterocycles. The van der Waals surface area contributed by atoms with Gasteiger partial charge in [0.05, 0.1) is 25.5 Å². The van der Waals surface area contributed by atoms with E-state index in [1.807, 2.05) is 18.2 Å². The first-order valence-electron chi connectivity index (χ1n) is 9.92. The van der Waals surface area contributed by atoms with Gasteiger partial charge in [0.25, 0.3) is 5.91 Å². The van der Waals surface area contributed by atoms with E-state index in [2.05, 4.69) is 12.2 Å². The average Bonchev–Trinajstić information content (AvgIpc) is 3.27. The third kappa shape index (κ3) is 5.45. The molecule has 1 N–H and O–H groups in total. The quantitative estimate of drug-likeness (QED) is 0.495. The minimum absolute atomic E-state index is 0.100. The highest BCUT2D eigenvalue weighted by Gasteiger charge is 2.17. The Labute approximate surface area is 180 Å². The zero-order valence-electron chi connectivity index (χ0n) is 17.8. The summed E-state index contributed by atoms with van der Waals surface area (Å²) < 4.78 is 21.6. The summed E-state index contributed by atoms with van der Waals surface area (Å²) in [6, 6.07) is 15.6. The number of nitrogens with one attached hydrogen (secondary N) is 1. The van der Waals surface area contributed by atoms with Crippen molar-refractivity contribution in [2.45, 2.75) is 26.4 Å². The number of ether oxygens (including phenoxy) is 3. The number of para-hydroxylation sites is 1. The summed E-state index contributed by atoms with van der Waals surface area (Å²) >= 11 is 0. The minimum Gasteiger partial charge on any atom is -0.493 e. The van der Waals surface area contributed by atoms with Gasteiger partial charge in [-0.1, -0.05) is 31.5 Å². The summed E-state index contributed by atoms with van der Waals surface area (Å²) in [6.45, 7) is 2.26. The van der Waals surface area contributed by atoms with E-state index in [1.54, 1.807) is 43.5 Å². The first-order valence-corrected chi connectivity index (χ1v) is 9.92. The summed E-state index contributed by atoms with van der Waals surface area (Å²) in [4.78, 5) is 24.4. The van der Waals surface area contributed by atoms with Crippen LogP contribution >= 0.6 is 0 Å². The first-order chi connectivity index (χ1) is 15.0. The Morgan fingerprint density at radius 3 is 2.55 bits per heavy atom. The highest BCUT2D eigenvalue weighted by atomic mass is 16.5. The molecule has 0 unspecified atom stereocenters. The molecule has 3 rings (SSSR count). The molecule has 0 spiro atoms. The summed E-state index contributed by atoms with van der Waals surface area (Å²) in [5.74, 6) is 0.800. The fourth-order valence-corrected chi connectivity index (χ4v) is 3.07. The molecule has 0 fully saturated rings. The predicted octanol–water partition coefficient (Wildman–Crippen LogP) is 4.86. The Balaban J connectivity index is 1.66. The van der Waals surface area contributed by atoms with E-state index in [-0.39, 0.29) is 17.9 Å². The van der Waals surface area contributed by atoms with Gasteiger partial charge in [0.15, 0.2) is 17.3 Å². The number of amides is 1. The zero-order valence-corrected chi connectivity index (χ0v) is 17.8. The molecule has 1 amide bonds. The maximum atomic E-state index is 12.5. The van der Waals surface area contributed by atoms with Gasteiger partial charge >= 0.3 is 5.97 Å². The molecule has 2 aromatic carbocycles. The van der Waals surface area contributed by atoms with Gasteiger partial charge in [-0.15, -0.1) is 0 Å². The molecule has 0 saturated carbocycles. The van der Waals surface area contributed by atoms with Crippen LogP contribution in [0.4, 0.5) is 5.69 Å². The Bertz CT molecular complexity index is 1060. The third-order valence-electron chi connectivity index (χ3n) is 4.60. The van der Waals surface area contributed by atoms with Crippen LogP contribution in [0.15, 0.2) is 59.0 Å². The Morgan fingerprint density at radius 1 is 1.00 bits per heavy atom. The number of hydrogen-bond donors (Lipinski definition) is 1. The van der Waals surface area contributed by atoms with Crippen LogP contribution < -0.4 is 14.8 Å². The summed E-state index contributed by atoms with van der Waals surface area (Å²) in [5, 5.41) is 2.67. The Morgan fingerprint density at radius 2 is 1.81 bits per heavy atom. The normalized spacial score (nSPS) is 10.4. The minimum atomic E-state index is -0.539. The van der Waals surface area contributed by atoms with E-state index >= 15 is 0 Å². The molecule has 0 atom stereocenters. The van der Waals surface area contributed by atoms with Crippen LogP contribution in [0.3, 0.4) is 0 Å². The highest BCUT2D eigenvalue weighted by Crippen LogP contribution is 2.29. The zero-order chi connectivity index (χ0) is 22.2. The van der Waals surface area contributed by atoms with Gasteiger partial charge in [-0.3, -0.25) is 4.79 Å². The number of furan rings is 1. The van der Waals surface area contributed by atoms with E-state index in [4.69, 9.17) is 18.6 Å². The van der Waals surface area contributed by atoms with Crippen LogP contribution in [0, 0.1) is 0 Å². The summed E-state index contributed by atoms with van der Waals surface area (Å²) in [6.07, 6.45) is 2.01. The molecule has 162 valence electrons. The second-order valence-electron chi connectivity index (χ2n) is 6.78. The lowest BCUT2D eigenvalue weighted by atomic mass is 10.1. The third-order valence-corrected chi connectivity index (χ3v) is 4.60. The van der Waals surface area contributed by atoms with Crippen molar-refractivity contribution in [3.63, 3.8) is 0 Å². The number of rotatable bonds is 9. The fraction of sp³-hybridized carbons (Fsp3) is 0.250. The predicted molar refractivity (Wildman–Crippen MR) is 116 cm³/mol. The Kier molecular flexibility index (Phi) is 7.32. The van der Waals surface area contributed by atoms with Crippen LogP contribution in [-0.2, 0) is 17.8 Å². The molecular formula is C24H25NO6. The monoisotopic (exact) mass is 423 g/mol. The van der Waals surface area contributed by atoms with E-state index in [0.717, 1.165) is 12.8 Å². The lowest BCUT2D eigenvalue weighted by Gasteiger charge is -2.11. The van der Waals surface area contributed by atoms with Crippen LogP contribution in [0.25, 0.3) is 0 Å². The molecule has 31 heavy (non-hydrogen) atoms. The summed E-state index contributed by atoms with van der Waals surface area (Å²) in [5.41, 5.74) is 1.77. The van der Waals surface area contributed by atoms with Crippen molar-refractivity contribution in [2.75, 3.05) is 19.5 Å². The number of carbonyl (C=O) groups excluding carboxylic acids is 2. The number of hydrogen-bond acceptors (Lipinski definition) is 6. The molecule has 0 aliphatic carbocycles.